The first-order chi connectivity index (χ1) is 7.68. The normalized spacial score (nSPS) is 10.1. The molecular formula is C12H7BrClNO. The third-order valence-corrected chi connectivity index (χ3v) is 2.94. The van der Waals surface area contributed by atoms with Crippen LogP contribution in [0.1, 0.15) is 15.9 Å². The minimum atomic E-state index is -0.120. The Labute approximate surface area is 106 Å². The van der Waals surface area contributed by atoms with E-state index >= 15 is 0 Å². The summed E-state index contributed by atoms with van der Waals surface area (Å²) in [7, 11) is 0. The molecule has 16 heavy (non-hydrogen) atoms. The number of rotatable bonds is 2. The summed E-state index contributed by atoms with van der Waals surface area (Å²) >= 11 is 9.17. The molecule has 1 heterocycles. The molecule has 0 N–H and O–H groups in total. The number of ketones is 1. The lowest BCUT2D eigenvalue weighted by molar-refractivity contribution is 0.103. The highest BCUT2D eigenvalue weighted by Crippen LogP contribution is 2.18. The van der Waals surface area contributed by atoms with Crippen LogP contribution < -0.4 is 0 Å². The van der Waals surface area contributed by atoms with Crippen LogP contribution in [0.15, 0.2) is 47.1 Å². The summed E-state index contributed by atoms with van der Waals surface area (Å²) in [5.41, 5.74) is 1.02. The second-order valence-electron chi connectivity index (χ2n) is 3.18. The number of pyridine rings is 1. The lowest BCUT2D eigenvalue weighted by Gasteiger charge is -2.02. The van der Waals surface area contributed by atoms with Gasteiger partial charge in [0.1, 0.15) is 5.15 Å². The van der Waals surface area contributed by atoms with Crippen LogP contribution in [0.2, 0.25) is 5.15 Å². The van der Waals surface area contributed by atoms with Gasteiger partial charge in [0.05, 0.1) is 5.56 Å². The van der Waals surface area contributed by atoms with Crippen LogP contribution in [0.25, 0.3) is 0 Å². The van der Waals surface area contributed by atoms with Crippen molar-refractivity contribution in [1.82, 2.24) is 4.98 Å². The summed E-state index contributed by atoms with van der Waals surface area (Å²) in [5.74, 6) is -0.120. The van der Waals surface area contributed by atoms with E-state index in [9.17, 15) is 4.79 Å². The molecule has 2 rings (SSSR count). The fourth-order valence-corrected chi connectivity index (χ4v) is 1.78. The molecule has 0 aliphatic carbocycles. The van der Waals surface area contributed by atoms with Crippen molar-refractivity contribution >= 4 is 33.3 Å². The number of carbonyl (C=O) groups excluding carboxylic acids is 1. The van der Waals surface area contributed by atoms with Gasteiger partial charge >= 0.3 is 0 Å². The van der Waals surface area contributed by atoms with Gasteiger partial charge in [-0.25, -0.2) is 4.98 Å². The van der Waals surface area contributed by atoms with Crippen LogP contribution in [0, 0.1) is 0 Å². The third kappa shape index (κ3) is 2.31. The maximum Gasteiger partial charge on any atom is 0.196 e. The van der Waals surface area contributed by atoms with Crippen LogP contribution in [0.5, 0.6) is 0 Å². The number of hydrogen-bond donors (Lipinski definition) is 0. The van der Waals surface area contributed by atoms with Gasteiger partial charge in [0.25, 0.3) is 0 Å². The molecule has 80 valence electrons. The summed E-state index contributed by atoms with van der Waals surface area (Å²) in [5, 5.41) is 0.232. The predicted molar refractivity (Wildman–Crippen MR) is 66.8 cm³/mol. The molecule has 4 heteroatoms. The summed E-state index contributed by atoms with van der Waals surface area (Å²) in [6, 6.07) is 10.5. The number of aromatic nitrogens is 1. The maximum absolute atomic E-state index is 12.0. The largest absolute Gasteiger partial charge is 0.288 e. The van der Waals surface area contributed by atoms with Gasteiger partial charge in [-0.3, -0.25) is 4.79 Å². The topological polar surface area (TPSA) is 30.0 Å². The predicted octanol–water partition coefficient (Wildman–Crippen LogP) is 3.73. The van der Waals surface area contributed by atoms with Crippen LogP contribution in [-0.2, 0) is 0 Å². The number of nitrogens with zero attached hydrogens (tertiary/aromatic N) is 1. The highest BCUT2D eigenvalue weighted by atomic mass is 79.9. The van der Waals surface area contributed by atoms with Crippen molar-refractivity contribution in [2.75, 3.05) is 0 Å². The molecule has 0 spiro atoms. The molecule has 0 saturated heterocycles. The van der Waals surface area contributed by atoms with Crippen molar-refractivity contribution in [2.45, 2.75) is 0 Å². The van der Waals surface area contributed by atoms with Crippen LogP contribution in [0.4, 0.5) is 0 Å². The average molecular weight is 297 g/mol. The van der Waals surface area contributed by atoms with E-state index in [4.69, 9.17) is 11.6 Å². The lowest BCUT2D eigenvalue weighted by Crippen LogP contribution is -2.02. The number of benzene rings is 1. The van der Waals surface area contributed by atoms with Crippen LogP contribution in [0.3, 0.4) is 0 Å². The second kappa shape index (κ2) is 4.76. The monoisotopic (exact) mass is 295 g/mol. The average Bonchev–Trinajstić information content (AvgIpc) is 2.30. The second-order valence-corrected chi connectivity index (χ2v) is 4.45. The zero-order chi connectivity index (χ0) is 11.5. The summed E-state index contributed by atoms with van der Waals surface area (Å²) in [6.07, 6.45) is 1.56. The molecule has 0 bridgehead atoms. The van der Waals surface area contributed by atoms with E-state index in [1.54, 1.807) is 30.5 Å². The highest BCUT2D eigenvalue weighted by molar-refractivity contribution is 9.10. The lowest BCUT2D eigenvalue weighted by atomic mass is 10.1. The molecule has 0 atom stereocenters. The van der Waals surface area contributed by atoms with Gasteiger partial charge in [0, 0.05) is 16.2 Å². The molecule has 0 aliphatic heterocycles. The van der Waals surface area contributed by atoms with Crippen molar-refractivity contribution in [3.05, 3.63) is 63.3 Å². The fourth-order valence-electron chi connectivity index (χ4n) is 1.31. The van der Waals surface area contributed by atoms with Crippen molar-refractivity contribution in [1.29, 1.82) is 0 Å². The van der Waals surface area contributed by atoms with Gasteiger partial charge in [0.15, 0.2) is 5.78 Å². The van der Waals surface area contributed by atoms with E-state index in [0.717, 1.165) is 4.47 Å². The quantitative estimate of drug-likeness (QED) is 0.624. The van der Waals surface area contributed by atoms with Gasteiger partial charge in [-0.05, 0) is 36.4 Å². The van der Waals surface area contributed by atoms with Gasteiger partial charge in [-0.1, -0.05) is 27.5 Å². The molecule has 0 fully saturated rings. The number of carbonyl (C=O) groups is 1. The highest BCUT2D eigenvalue weighted by Gasteiger charge is 2.12. The first-order valence-corrected chi connectivity index (χ1v) is 5.76. The Morgan fingerprint density at radius 2 is 1.88 bits per heavy atom. The van der Waals surface area contributed by atoms with Crippen LogP contribution >= 0.6 is 27.5 Å². The van der Waals surface area contributed by atoms with E-state index in [0.29, 0.717) is 11.1 Å². The fraction of sp³-hybridized carbons (Fsp3) is 0. The minimum Gasteiger partial charge on any atom is -0.288 e. The maximum atomic E-state index is 12.0. The van der Waals surface area contributed by atoms with Crippen LogP contribution in [-0.4, -0.2) is 10.8 Å². The molecule has 2 aromatic rings. The van der Waals surface area contributed by atoms with Crippen molar-refractivity contribution in [2.24, 2.45) is 0 Å². The molecule has 0 unspecified atom stereocenters. The number of halogens is 2. The van der Waals surface area contributed by atoms with Crippen molar-refractivity contribution < 1.29 is 4.79 Å². The zero-order valence-electron chi connectivity index (χ0n) is 8.15. The first-order valence-electron chi connectivity index (χ1n) is 4.59. The van der Waals surface area contributed by atoms with E-state index < -0.39 is 0 Å². The van der Waals surface area contributed by atoms with Gasteiger partial charge in [-0.2, -0.15) is 0 Å². The number of hydrogen-bond acceptors (Lipinski definition) is 2. The van der Waals surface area contributed by atoms with Crippen molar-refractivity contribution in [3.8, 4) is 0 Å². The van der Waals surface area contributed by atoms with Gasteiger partial charge < -0.3 is 0 Å². The standard InChI is InChI=1S/C12H7BrClNO/c13-9-5-3-8(4-6-9)11(16)10-2-1-7-15-12(10)14/h1-7H. The molecule has 1 aromatic heterocycles. The van der Waals surface area contributed by atoms with Gasteiger partial charge in [0.2, 0.25) is 0 Å². The molecule has 1 aromatic carbocycles. The molecule has 0 amide bonds. The van der Waals surface area contributed by atoms with E-state index in [1.807, 2.05) is 12.1 Å². The molecule has 0 radical (unpaired) electrons. The Kier molecular flexibility index (Phi) is 3.36. The SMILES string of the molecule is O=C(c1ccc(Br)cc1)c1cccnc1Cl. The zero-order valence-corrected chi connectivity index (χ0v) is 10.5. The third-order valence-electron chi connectivity index (χ3n) is 2.11. The Bertz CT molecular complexity index is 525. The Morgan fingerprint density at radius 1 is 1.19 bits per heavy atom. The smallest absolute Gasteiger partial charge is 0.196 e. The van der Waals surface area contributed by atoms with E-state index in [1.165, 1.54) is 0 Å². The molecule has 0 aliphatic rings. The Balaban J connectivity index is 2.40. The van der Waals surface area contributed by atoms with Crippen molar-refractivity contribution in [3.63, 3.8) is 0 Å². The Hall–Kier alpha value is -1.19. The molecule has 2 nitrogen and oxygen atoms in total. The first kappa shape index (κ1) is 11.3. The Morgan fingerprint density at radius 3 is 2.50 bits per heavy atom. The molecular weight excluding hydrogens is 289 g/mol. The summed E-state index contributed by atoms with van der Waals surface area (Å²) in [6.45, 7) is 0. The minimum absolute atomic E-state index is 0.120. The molecule has 0 saturated carbocycles. The van der Waals surface area contributed by atoms with E-state index in [2.05, 4.69) is 20.9 Å². The summed E-state index contributed by atoms with van der Waals surface area (Å²) < 4.78 is 0.932. The summed E-state index contributed by atoms with van der Waals surface area (Å²) in [4.78, 5) is 15.9. The van der Waals surface area contributed by atoms with Gasteiger partial charge in [-0.15, -0.1) is 0 Å². The van der Waals surface area contributed by atoms with E-state index in [-0.39, 0.29) is 10.9 Å².